The van der Waals surface area contributed by atoms with Crippen molar-refractivity contribution >= 4 is 12.0 Å². The van der Waals surface area contributed by atoms with Gasteiger partial charge in [0.1, 0.15) is 0 Å². The number of fused-ring (bicyclic) bond motifs is 1. The molecule has 1 atom stereocenters. The Morgan fingerprint density at radius 3 is 2.62 bits per heavy atom. The van der Waals surface area contributed by atoms with Gasteiger partial charge in [-0.2, -0.15) is 0 Å². The maximum Gasteiger partial charge on any atom is 0.335 e. The summed E-state index contributed by atoms with van der Waals surface area (Å²) in [5, 5.41) is 12.1. The Morgan fingerprint density at radius 1 is 1.29 bits per heavy atom. The maximum absolute atomic E-state index is 12.3. The molecule has 114 valence electrons. The quantitative estimate of drug-likeness (QED) is 0.876. The fourth-order valence-corrected chi connectivity index (χ4v) is 2.66. The highest BCUT2D eigenvalue weighted by Gasteiger charge is 2.25. The van der Waals surface area contributed by atoms with Crippen molar-refractivity contribution in [1.82, 2.24) is 10.2 Å². The van der Waals surface area contributed by atoms with Gasteiger partial charge in [-0.05, 0) is 36.1 Å². The first kappa shape index (κ1) is 15.4. The maximum atomic E-state index is 12.3. The van der Waals surface area contributed by atoms with Gasteiger partial charge in [0.05, 0.1) is 5.56 Å². The van der Waals surface area contributed by atoms with Crippen molar-refractivity contribution in [2.75, 3.05) is 0 Å². The van der Waals surface area contributed by atoms with Crippen LogP contribution in [0.1, 0.15) is 54.6 Å². The Bertz CT molecular complexity index is 542. The number of carbonyl (C=O) groups is 2. The number of carboxylic acid groups (broad SMARTS) is 1. The molecule has 1 aliphatic heterocycles. The molecule has 5 heteroatoms. The van der Waals surface area contributed by atoms with E-state index in [4.69, 9.17) is 5.11 Å². The molecule has 0 saturated heterocycles. The molecule has 0 saturated carbocycles. The zero-order valence-corrected chi connectivity index (χ0v) is 12.6. The van der Waals surface area contributed by atoms with Gasteiger partial charge < -0.3 is 15.3 Å². The average molecular weight is 290 g/mol. The van der Waals surface area contributed by atoms with Crippen molar-refractivity contribution in [3.63, 3.8) is 0 Å². The van der Waals surface area contributed by atoms with Gasteiger partial charge >= 0.3 is 12.0 Å². The molecule has 2 amide bonds. The van der Waals surface area contributed by atoms with Gasteiger partial charge in [-0.15, -0.1) is 0 Å². The lowest BCUT2D eigenvalue weighted by molar-refractivity contribution is 0.0696. The number of hydrogen-bond donors (Lipinski definition) is 2. The summed E-state index contributed by atoms with van der Waals surface area (Å²) in [7, 11) is 0. The number of rotatable bonds is 5. The molecule has 1 unspecified atom stereocenters. The van der Waals surface area contributed by atoms with Crippen LogP contribution in [0.2, 0.25) is 0 Å². The van der Waals surface area contributed by atoms with Crippen molar-refractivity contribution in [1.29, 1.82) is 0 Å². The van der Waals surface area contributed by atoms with Crippen molar-refractivity contribution in [2.24, 2.45) is 0 Å². The van der Waals surface area contributed by atoms with E-state index < -0.39 is 5.97 Å². The van der Waals surface area contributed by atoms with Crippen molar-refractivity contribution in [2.45, 2.75) is 52.2 Å². The molecule has 1 aliphatic rings. The Kier molecular flexibility index (Phi) is 4.83. The zero-order valence-electron chi connectivity index (χ0n) is 12.6. The van der Waals surface area contributed by atoms with Crippen LogP contribution in [0.4, 0.5) is 4.79 Å². The summed E-state index contributed by atoms with van der Waals surface area (Å²) in [6.07, 6.45) is 2.94. The van der Waals surface area contributed by atoms with Crippen LogP contribution < -0.4 is 5.32 Å². The van der Waals surface area contributed by atoms with E-state index in [0.29, 0.717) is 13.1 Å². The van der Waals surface area contributed by atoms with E-state index in [0.717, 1.165) is 30.4 Å². The lowest BCUT2D eigenvalue weighted by Crippen LogP contribution is -2.42. The normalized spacial score (nSPS) is 14.7. The summed E-state index contributed by atoms with van der Waals surface area (Å²) in [5.41, 5.74) is 2.22. The van der Waals surface area contributed by atoms with Gasteiger partial charge in [0.15, 0.2) is 0 Å². The zero-order chi connectivity index (χ0) is 15.4. The Morgan fingerprint density at radius 2 is 2.00 bits per heavy atom. The summed E-state index contributed by atoms with van der Waals surface area (Å²) in [4.78, 5) is 25.0. The van der Waals surface area contributed by atoms with Crippen LogP contribution in [-0.4, -0.2) is 28.0 Å². The van der Waals surface area contributed by atoms with Gasteiger partial charge in [-0.3, -0.25) is 0 Å². The summed E-state index contributed by atoms with van der Waals surface area (Å²) in [6, 6.07) is 5.20. The van der Waals surface area contributed by atoms with Gasteiger partial charge in [-0.1, -0.05) is 26.3 Å². The molecule has 1 heterocycles. The second kappa shape index (κ2) is 6.61. The molecule has 0 aliphatic carbocycles. The van der Waals surface area contributed by atoms with Gasteiger partial charge in [0, 0.05) is 19.1 Å². The summed E-state index contributed by atoms with van der Waals surface area (Å²) in [5.74, 6) is -0.935. The van der Waals surface area contributed by atoms with Crippen molar-refractivity contribution < 1.29 is 14.7 Å². The number of carboxylic acids is 1. The lowest BCUT2D eigenvalue weighted by Gasteiger charge is -2.22. The number of carbonyl (C=O) groups excluding carboxylic acids is 1. The molecule has 0 radical (unpaired) electrons. The topological polar surface area (TPSA) is 69.6 Å². The fourth-order valence-electron chi connectivity index (χ4n) is 2.66. The summed E-state index contributed by atoms with van der Waals surface area (Å²) in [6.45, 7) is 5.20. The van der Waals surface area contributed by atoms with Crippen LogP contribution in [-0.2, 0) is 13.1 Å². The standard InChI is InChI=1S/C16H22N2O3/c1-3-5-14(4-2)17-16(21)18-9-12-7-6-11(15(19)20)8-13(12)10-18/h6-8,14H,3-5,9-10H2,1-2H3,(H,17,21)(H,19,20). The minimum absolute atomic E-state index is 0.0663. The van der Waals surface area contributed by atoms with Crippen LogP contribution in [0.5, 0.6) is 0 Å². The van der Waals surface area contributed by atoms with Crippen LogP contribution in [0, 0.1) is 0 Å². The fraction of sp³-hybridized carbons (Fsp3) is 0.500. The molecule has 5 nitrogen and oxygen atoms in total. The highest BCUT2D eigenvalue weighted by atomic mass is 16.4. The Hall–Kier alpha value is -2.04. The second-order valence-corrected chi connectivity index (χ2v) is 5.49. The van der Waals surface area contributed by atoms with Gasteiger partial charge in [0.2, 0.25) is 0 Å². The molecule has 0 bridgehead atoms. The number of benzene rings is 1. The van der Waals surface area contributed by atoms with E-state index in [2.05, 4.69) is 19.2 Å². The molecular formula is C16H22N2O3. The van der Waals surface area contributed by atoms with Gasteiger partial charge in [-0.25, -0.2) is 9.59 Å². The highest BCUT2D eigenvalue weighted by Crippen LogP contribution is 2.24. The first-order valence-electron chi connectivity index (χ1n) is 7.45. The number of hydrogen-bond acceptors (Lipinski definition) is 2. The molecule has 21 heavy (non-hydrogen) atoms. The van der Waals surface area contributed by atoms with Gasteiger partial charge in [0.25, 0.3) is 0 Å². The van der Waals surface area contributed by atoms with E-state index in [-0.39, 0.29) is 17.6 Å². The van der Waals surface area contributed by atoms with E-state index >= 15 is 0 Å². The summed E-state index contributed by atoms with van der Waals surface area (Å²) >= 11 is 0. The molecule has 2 rings (SSSR count). The molecule has 1 aromatic carbocycles. The third kappa shape index (κ3) is 3.54. The monoisotopic (exact) mass is 290 g/mol. The number of nitrogens with zero attached hydrogens (tertiary/aromatic N) is 1. The molecule has 0 fully saturated rings. The number of amides is 2. The van der Waals surface area contributed by atoms with E-state index in [1.165, 1.54) is 0 Å². The SMILES string of the molecule is CCCC(CC)NC(=O)N1Cc2ccc(C(=O)O)cc2C1. The highest BCUT2D eigenvalue weighted by molar-refractivity contribution is 5.88. The van der Waals surface area contributed by atoms with Crippen LogP contribution in [0.15, 0.2) is 18.2 Å². The average Bonchev–Trinajstić information content (AvgIpc) is 2.89. The molecule has 2 N–H and O–H groups in total. The lowest BCUT2D eigenvalue weighted by atomic mass is 10.1. The van der Waals surface area contributed by atoms with Crippen molar-refractivity contribution in [3.05, 3.63) is 34.9 Å². The molecule has 1 aromatic rings. The number of nitrogens with one attached hydrogen (secondary N) is 1. The number of urea groups is 1. The first-order chi connectivity index (χ1) is 10.0. The van der Waals surface area contributed by atoms with E-state index in [1.807, 2.05) is 0 Å². The Labute approximate surface area is 125 Å². The van der Waals surface area contributed by atoms with Crippen LogP contribution in [0.25, 0.3) is 0 Å². The Balaban J connectivity index is 2.02. The predicted molar refractivity (Wildman–Crippen MR) is 80.2 cm³/mol. The van der Waals surface area contributed by atoms with Crippen LogP contribution >= 0.6 is 0 Å². The third-order valence-corrected chi connectivity index (χ3v) is 3.92. The second-order valence-electron chi connectivity index (χ2n) is 5.49. The van der Waals surface area contributed by atoms with Crippen LogP contribution in [0.3, 0.4) is 0 Å². The van der Waals surface area contributed by atoms with E-state index in [9.17, 15) is 9.59 Å². The largest absolute Gasteiger partial charge is 0.478 e. The molecule has 0 spiro atoms. The predicted octanol–water partition coefficient (Wildman–Crippen LogP) is 2.99. The minimum Gasteiger partial charge on any atom is -0.478 e. The first-order valence-corrected chi connectivity index (χ1v) is 7.45. The third-order valence-electron chi connectivity index (χ3n) is 3.92. The minimum atomic E-state index is -0.935. The molecular weight excluding hydrogens is 268 g/mol. The van der Waals surface area contributed by atoms with E-state index in [1.54, 1.807) is 23.1 Å². The van der Waals surface area contributed by atoms with Crippen molar-refractivity contribution in [3.8, 4) is 0 Å². The molecule has 0 aromatic heterocycles. The summed E-state index contributed by atoms with van der Waals surface area (Å²) < 4.78 is 0. The number of aromatic carboxylic acids is 1. The smallest absolute Gasteiger partial charge is 0.335 e.